The topological polar surface area (TPSA) is 34.2 Å². The molecule has 0 aliphatic carbocycles. The molecule has 0 saturated carbocycles. The quantitative estimate of drug-likeness (QED) is 0.829. The molecule has 0 aliphatic heterocycles. The van der Waals surface area contributed by atoms with Gasteiger partial charge in [-0.1, -0.05) is 13.3 Å². The van der Waals surface area contributed by atoms with Gasteiger partial charge in [0.2, 0.25) is 0 Å². The van der Waals surface area contributed by atoms with Gasteiger partial charge in [0.15, 0.2) is 5.75 Å². The van der Waals surface area contributed by atoms with Crippen LogP contribution >= 0.6 is 0 Å². The minimum atomic E-state index is 0.0792. The first-order valence-electron chi connectivity index (χ1n) is 5.77. The van der Waals surface area contributed by atoms with Crippen LogP contribution < -0.4 is 10.1 Å². The fourth-order valence-electron chi connectivity index (χ4n) is 1.86. The summed E-state index contributed by atoms with van der Waals surface area (Å²) in [5.41, 5.74) is 2.10. The van der Waals surface area contributed by atoms with E-state index < -0.39 is 0 Å². The molecule has 16 heavy (non-hydrogen) atoms. The van der Waals surface area contributed by atoms with E-state index in [4.69, 9.17) is 4.74 Å². The molecule has 0 unspecified atom stereocenters. The molecule has 0 fully saturated rings. The molecule has 1 heterocycles. The number of nitrogens with one attached hydrogen (secondary N) is 1. The first-order valence-corrected chi connectivity index (χ1v) is 5.77. The Labute approximate surface area is 98.2 Å². The number of aryl methyl sites for hydroxylation is 1. The van der Waals surface area contributed by atoms with Gasteiger partial charge in [-0.25, -0.2) is 0 Å². The van der Waals surface area contributed by atoms with Gasteiger partial charge in [-0.3, -0.25) is 4.98 Å². The molecule has 0 radical (unpaired) electrons. The summed E-state index contributed by atoms with van der Waals surface area (Å²) in [6.07, 6.45) is 4.05. The number of hydrogen-bond donors (Lipinski definition) is 1. The number of aromatic nitrogens is 1. The van der Waals surface area contributed by atoms with Crippen molar-refractivity contribution in [2.75, 3.05) is 12.4 Å². The summed E-state index contributed by atoms with van der Waals surface area (Å²) < 4.78 is 5.30. The van der Waals surface area contributed by atoms with Crippen LogP contribution in [0.15, 0.2) is 12.3 Å². The average Bonchev–Trinajstić information content (AvgIpc) is 2.17. The van der Waals surface area contributed by atoms with Gasteiger partial charge >= 0.3 is 0 Å². The molecule has 90 valence electrons. The number of methoxy groups -OCH3 is 1. The second kappa shape index (κ2) is 5.19. The van der Waals surface area contributed by atoms with Gasteiger partial charge in [-0.05, 0) is 33.3 Å². The summed E-state index contributed by atoms with van der Waals surface area (Å²) in [4.78, 5) is 4.22. The molecule has 1 aromatic rings. The van der Waals surface area contributed by atoms with Crippen LogP contribution in [0.25, 0.3) is 0 Å². The maximum Gasteiger partial charge on any atom is 0.160 e. The zero-order valence-electron chi connectivity index (χ0n) is 10.9. The summed E-state index contributed by atoms with van der Waals surface area (Å²) in [5, 5.41) is 3.51. The van der Waals surface area contributed by atoms with Crippen molar-refractivity contribution in [1.29, 1.82) is 0 Å². The Kier molecular flexibility index (Phi) is 4.16. The molecular formula is C13H22N2O. The van der Waals surface area contributed by atoms with Gasteiger partial charge in [0.1, 0.15) is 0 Å². The van der Waals surface area contributed by atoms with E-state index in [9.17, 15) is 0 Å². The van der Waals surface area contributed by atoms with Crippen molar-refractivity contribution in [3.63, 3.8) is 0 Å². The molecule has 0 aliphatic rings. The second-order valence-electron chi connectivity index (χ2n) is 4.78. The lowest BCUT2D eigenvalue weighted by atomic mass is 9.98. The number of nitrogens with zero attached hydrogens (tertiary/aromatic N) is 1. The maximum absolute atomic E-state index is 5.30. The molecule has 0 aromatic carbocycles. The lowest BCUT2D eigenvalue weighted by Gasteiger charge is -2.28. The van der Waals surface area contributed by atoms with Crippen molar-refractivity contribution in [2.45, 2.75) is 46.1 Å². The molecule has 0 atom stereocenters. The van der Waals surface area contributed by atoms with Gasteiger partial charge in [0, 0.05) is 11.2 Å². The summed E-state index contributed by atoms with van der Waals surface area (Å²) in [6.45, 7) is 8.58. The maximum atomic E-state index is 5.30. The molecule has 0 amide bonds. The molecule has 1 N–H and O–H groups in total. The Morgan fingerprint density at radius 1 is 1.44 bits per heavy atom. The van der Waals surface area contributed by atoms with Crippen LogP contribution in [0.4, 0.5) is 5.69 Å². The Bertz CT molecular complexity index is 348. The Morgan fingerprint density at radius 3 is 2.69 bits per heavy atom. The van der Waals surface area contributed by atoms with Crippen molar-refractivity contribution in [3.05, 3.63) is 18.0 Å². The predicted octanol–water partition coefficient (Wildman–Crippen LogP) is 3.39. The SMILES string of the molecule is CCCC(C)(C)Nc1cc(C)ncc1OC. The van der Waals surface area contributed by atoms with E-state index in [-0.39, 0.29) is 5.54 Å². The van der Waals surface area contributed by atoms with Crippen LogP contribution in [0.2, 0.25) is 0 Å². The highest BCUT2D eigenvalue weighted by Gasteiger charge is 2.18. The van der Waals surface area contributed by atoms with Gasteiger partial charge in [0.05, 0.1) is 19.0 Å². The molecule has 3 heteroatoms. The largest absolute Gasteiger partial charge is 0.493 e. The highest BCUT2D eigenvalue weighted by Crippen LogP contribution is 2.28. The Morgan fingerprint density at radius 2 is 2.12 bits per heavy atom. The van der Waals surface area contributed by atoms with E-state index in [1.807, 2.05) is 13.0 Å². The highest BCUT2D eigenvalue weighted by molar-refractivity contribution is 5.57. The summed E-state index contributed by atoms with van der Waals surface area (Å²) in [5.74, 6) is 0.801. The number of hydrogen-bond acceptors (Lipinski definition) is 3. The van der Waals surface area contributed by atoms with Crippen LogP contribution in [-0.2, 0) is 0 Å². The van der Waals surface area contributed by atoms with E-state index in [1.165, 1.54) is 0 Å². The van der Waals surface area contributed by atoms with E-state index in [0.29, 0.717) is 0 Å². The van der Waals surface area contributed by atoms with Gasteiger partial charge in [-0.2, -0.15) is 0 Å². The summed E-state index contributed by atoms with van der Waals surface area (Å²) in [7, 11) is 1.67. The molecule has 3 nitrogen and oxygen atoms in total. The van der Waals surface area contributed by atoms with Crippen molar-refractivity contribution in [2.24, 2.45) is 0 Å². The zero-order chi connectivity index (χ0) is 12.2. The normalized spacial score (nSPS) is 11.3. The van der Waals surface area contributed by atoms with E-state index in [0.717, 1.165) is 30.0 Å². The van der Waals surface area contributed by atoms with Gasteiger partial charge in [-0.15, -0.1) is 0 Å². The van der Waals surface area contributed by atoms with Gasteiger partial charge < -0.3 is 10.1 Å². The Hall–Kier alpha value is -1.25. The lowest BCUT2D eigenvalue weighted by molar-refractivity contribution is 0.411. The molecule has 0 bridgehead atoms. The van der Waals surface area contributed by atoms with Crippen molar-refractivity contribution >= 4 is 5.69 Å². The first-order chi connectivity index (χ1) is 7.48. The van der Waals surface area contributed by atoms with E-state index >= 15 is 0 Å². The molecule has 0 saturated heterocycles. The highest BCUT2D eigenvalue weighted by atomic mass is 16.5. The van der Waals surface area contributed by atoms with Crippen molar-refractivity contribution < 1.29 is 4.74 Å². The van der Waals surface area contributed by atoms with Crippen LogP contribution in [-0.4, -0.2) is 17.6 Å². The summed E-state index contributed by atoms with van der Waals surface area (Å²) in [6, 6.07) is 2.02. The standard InChI is InChI=1S/C13H22N2O/c1-6-7-13(3,4)15-11-8-10(2)14-9-12(11)16-5/h8-9H,6-7H2,1-5H3,(H,14,15). The van der Waals surface area contributed by atoms with Crippen LogP contribution in [0.1, 0.15) is 39.3 Å². The predicted molar refractivity (Wildman–Crippen MR) is 68.1 cm³/mol. The number of rotatable bonds is 5. The third kappa shape index (κ3) is 3.40. The molecule has 0 spiro atoms. The number of ether oxygens (including phenoxy) is 1. The third-order valence-electron chi connectivity index (χ3n) is 2.57. The number of pyridine rings is 1. The zero-order valence-corrected chi connectivity index (χ0v) is 10.9. The number of anilines is 1. The fraction of sp³-hybridized carbons (Fsp3) is 0.615. The summed E-state index contributed by atoms with van der Waals surface area (Å²) >= 11 is 0. The van der Waals surface area contributed by atoms with Crippen molar-refractivity contribution in [3.8, 4) is 5.75 Å². The molecule has 1 rings (SSSR count). The van der Waals surface area contributed by atoms with Gasteiger partial charge in [0.25, 0.3) is 0 Å². The van der Waals surface area contributed by atoms with Crippen LogP contribution in [0.5, 0.6) is 5.75 Å². The second-order valence-corrected chi connectivity index (χ2v) is 4.78. The Balaban J connectivity index is 2.90. The van der Waals surface area contributed by atoms with Crippen LogP contribution in [0, 0.1) is 6.92 Å². The molecule has 1 aromatic heterocycles. The van der Waals surface area contributed by atoms with E-state index in [2.05, 4.69) is 31.1 Å². The minimum Gasteiger partial charge on any atom is -0.493 e. The average molecular weight is 222 g/mol. The van der Waals surface area contributed by atoms with Crippen molar-refractivity contribution in [1.82, 2.24) is 4.98 Å². The third-order valence-corrected chi connectivity index (χ3v) is 2.57. The monoisotopic (exact) mass is 222 g/mol. The van der Waals surface area contributed by atoms with Crippen LogP contribution in [0.3, 0.4) is 0 Å². The minimum absolute atomic E-state index is 0.0792. The first kappa shape index (κ1) is 12.8. The fourth-order valence-corrected chi connectivity index (χ4v) is 1.86. The van der Waals surface area contributed by atoms with E-state index in [1.54, 1.807) is 13.3 Å². The lowest BCUT2D eigenvalue weighted by Crippen LogP contribution is -2.30. The molecular weight excluding hydrogens is 200 g/mol. The smallest absolute Gasteiger partial charge is 0.160 e.